The zero-order valence-corrected chi connectivity index (χ0v) is 21.8. The fraction of sp³-hybridized carbons (Fsp3) is 0.0938. The Balaban J connectivity index is 1.53. The summed E-state index contributed by atoms with van der Waals surface area (Å²) in [5, 5.41) is 6.19. The van der Waals surface area contributed by atoms with Crippen LogP contribution in [0.2, 0.25) is 5.02 Å². The molecule has 0 aromatic heterocycles. The number of carbonyl (C=O) groups is 3. The van der Waals surface area contributed by atoms with Crippen LogP contribution in [0.1, 0.15) is 22.3 Å². The molecule has 1 aliphatic heterocycles. The van der Waals surface area contributed by atoms with Crippen molar-refractivity contribution in [2.45, 2.75) is 19.6 Å². The highest BCUT2D eigenvalue weighted by Gasteiger charge is 2.38. The maximum absolute atomic E-state index is 13.9. The Bertz CT molecular complexity index is 1490. The van der Waals surface area contributed by atoms with Crippen LogP contribution < -0.4 is 15.5 Å². The molecule has 0 saturated carbocycles. The molecule has 1 heterocycles. The Morgan fingerprint density at radius 2 is 1.18 bits per heavy atom. The molecular weight excluding hydrogens is 510 g/mol. The van der Waals surface area contributed by atoms with Crippen molar-refractivity contribution in [3.05, 3.63) is 142 Å². The largest absolute Gasteiger partial charge is 0.348 e. The van der Waals surface area contributed by atoms with Crippen LogP contribution >= 0.6 is 11.6 Å². The lowest BCUT2D eigenvalue weighted by atomic mass is 9.99. The van der Waals surface area contributed by atoms with E-state index in [-0.39, 0.29) is 30.8 Å². The van der Waals surface area contributed by atoms with E-state index >= 15 is 0 Å². The number of carbonyl (C=O) groups excluding carboxylic acids is 3. The van der Waals surface area contributed by atoms with Crippen LogP contribution in [0.5, 0.6) is 0 Å². The molecule has 0 bridgehead atoms. The first-order chi connectivity index (χ1) is 19.0. The van der Waals surface area contributed by atoms with Crippen LogP contribution in [-0.2, 0) is 34.0 Å². The molecule has 0 spiro atoms. The van der Waals surface area contributed by atoms with Crippen molar-refractivity contribution in [2.24, 2.45) is 0 Å². The summed E-state index contributed by atoms with van der Waals surface area (Å²) in [6, 6.07) is 33.2. The lowest BCUT2D eigenvalue weighted by Gasteiger charge is -2.18. The van der Waals surface area contributed by atoms with Gasteiger partial charge in [0.1, 0.15) is 5.57 Å². The highest BCUT2D eigenvalue weighted by Crippen LogP contribution is 2.40. The molecule has 2 N–H and O–H groups in total. The van der Waals surface area contributed by atoms with Crippen LogP contribution in [0.25, 0.3) is 5.57 Å². The molecule has 0 atom stereocenters. The van der Waals surface area contributed by atoms with Crippen molar-refractivity contribution in [3.8, 4) is 0 Å². The summed E-state index contributed by atoms with van der Waals surface area (Å²) in [7, 11) is 0. The smallest absolute Gasteiger partial charge is 0.260 e. The summed E-state index contributed by atoms with van der Waals surface area (Å²) in [4.78, 5) is 42.7. The van der Waals surface area contributed by atoms with Crippen molar-refractivity contribution >= 4 is 40.6 Å². The van der Waals surface area contributed by atoms with Crippen molar-refractivity contribution in [2.75, 3.05) is 4.90 Å². The van der Waals surface area contributed by atoms with Gasteiger partial charge in [0.2, 0.25) is 0 Å². The fourth-order valence-corrected chi connectivity index (χ4v) is 4.73. The van der Waals surface area contributed by atoms with E-state index in [2.05, 4.69) is 10.6 Å². The molecule has 0 unspecified atom stereocenters. The topological polar surface area (TPSA) is 78.5 Å². The predicted octanol–water partition coefficient (Wildman–Crippen LogP) is 5.27. The molecule has 0 aliphatic carbocycles. The summed E-state index contributed by atoms with van der Waals surface area (Å²) in [5.41, 5.74) is 3.48. The first kappa shape index (κ1) is 25.9. The first-order valence-corrected chi connectivity index (χ1v) is 12.9. The van der Waals surface area contributed by atoms with Gasteiger partial charge in [-0.3, -0.25) is 14.4 Å². The van der Waals surface area contributed by atoms with E-state index in [0.29, 0.717) is 16.3 Å². The van der Waals surface area contributed by atoms with Gasteiger partial charge in [0, 0.05) is 23.7 Å². The molecule has 1 aliphatic rings. The highest BCUT2D eigenvalue weighted by molar-refractivity contribution is 6.42. The van der Waals surface area contributed by atoms with E-state index in [1.54, 1.807) is 29.2 Å². The van der Waals surface area contributed by atoms with Crippen molar-refractivity contribution < 1.29 is 14.4 Å². The third kappa shape index (κ3) is 5.76. The number of benzene rings is 4. The van der Waals surface area contributed by atoms with E-state index in [4.69, 9.17) is 11.6 Å². The van der Waals surface area contributed by atoms with Gasteiger partial charge in [-0.2, -0.15) is 0 Å². The van der Waals surface area contributed by atoms with Crippen LogP contribution in [0.15, 0.2) is 115 Å². The van der Waals surface area contributed by atoms with Crippen LogP contribution in [0.3, 0.4) is 0 Å². The fourth-order valence-electron chi connectivity index (χ4n) is 4.54. The van der Waals surface area contributed by atoms with Crippen molar-refractivity contribution in [1.29, 1.82) is 0 Å². The third-order valence-corrected chi connectivity index (χ3v) is 6.87. The zero-order chi connectivity index (χ0) is 27.2. The molecule has 6 nitrogen and oxygen atoms in total. The van der Waals surface area contributed by atoms with Gasteiger partial charge < -0.3 is 15.5 Å². The number of halogens is 1. The number of anilines is 1. The Hall–Kier alpha value is -4.68. The summed E-state index contributed by atoms with van der Waals surface area (Å²) in [6.45, 7) is 0.618. The molecule has 5 rings (SSSR count). The van der Waals surface area contributed by atoms with E-state index in [1.807, 2.05) is 84.9 Å². The number of nitrogens with zero attached hydrogens (tertiary/aromatic N) is 1. The van der Waals surface area contributed by atoms with Crippen LogP contribution in [0, 0.1) is 0 Å². The van der Waals surface area contributed by atoms with Crippen molar-refractivity contribution in [1.82, 2.24) is 10.6 Å². The quantitative estimate of drug-likeness (QED) is 0.183. The molecule has 194 valence electrons. The molecule has 0 fully saturated rings. The highest BCUT2D eigenvalue weighted by atomic mass is 35.5. The van der Waals surface area contributed by atoms with Gasteiger partial charge in [-0.05, 0) is 28.8 Å². The van der Waals surface area contributed by atoms with Gasteiger partial charge in [-0.15, -0.1) is 0 Å². The lowest BCUT2D eigenvalue weighted by molar-refractivity contribution is -0.124. The second-order valence-electron chi connectivity index (χ2n) is 9.09. The molecule has 4 aromatic carbocycles. The maximum Gasteiger partial charge on any atom is 0.260 e. The summed E-state index contributed by atoms with van der Waals surface area (Å²) in [5.74, 6) is -1.68. The van der Waals surface area contributed by atoms with Gasteiger partial charge in [-0.25, -0.2) is 0 Å². The average Bonchev–Trinajstić information content (AvgIpc) is 3.24. The van der Waals surface area contributed by atoms with Gasteiger partial charge in [-0.1, -0.05) is 109 Å². The minimum absolute atomic E-state index is 0.0637. The molecule has 0 saturated heterocycles. The standard InChI is InChI=1S/C32H26ClN3O3/c33-26-17-9-7-15-24(26)21-36-27-18-10-8-16-25(27)28(32(36)39)29(30(37)34-19-22-11-3-1-4-12-22)31(38)35-20-23-13-5-2-6-14-23/h1-18H,19-21H2,(H,34,37)(H,35,38). The predicted molar refractivity (Wildman–Crippen MR) is 153 cm³/mol. The number of fused-ring (bicyclic) bond motifs is 1. The molecule has 39 heavy (non-hydrogen) atoms. The van der Waals surface area contributed by atoms with Crippen LogP contribution in [0.4, 0.5) is 5.69 Å². The summed E-state index contributed by atoms with van der Waals surface area (Å²) < 4.78 is 0. The van der Waals surface area contributed by atoms with E-state index in [0.717, 1.165) is 16.7 Å². The Morgan fingerprint density at radius 1 is 0.667 bits per heavy atom. The van der Waals surface area contributed by atoms with Gasteiger partial charge in [0.15, 0.2) is 0 Å². The van der Waals surface area contributed by atoms with Crippen LogP contribution in [-0.4, -0.2) is 17.7 Å². The van der Waals surface area contributed by atoms with E-state index in [9.17, 15) is 14.4 Å². The molecule has 3 amide bonds. The second-order valence-corrected chi connectivity index (χ2v) is 9.49. The molecule has 4 aromatic rings. The Morgan fingerprint density at radius 3 is 1.77 bits per heavy atom. The first-order valence-electron chi connectivity index (χ1n) is 12.6. The van der Waals surface area contributed by atoms with Gasteiger partial charge in [0.25, 0.3) is 17.7 Å². The third-order valence-electron chi connectivity index (χ3n) is 6.51. The molecule has 0 radical (unpaired) electrons. The number of para-hydroxylation sites is 1. The normalized spacial score (nSPS) is 12.2. The number of rotatable bonds is 8. The van der Waals surface area contributed by atoms with Crippen molar-refractivity contribution in [3.63, 3.8) is 0 Å². The zero-order valence-electron chi connectivity index (χ0n) is 21.1. The average molecular weight is 536 g/mol. The SMILES string of the molecule is O=C(NCc1ccccc1)C(C(=O)NCc1ccccc1)=C1C(=O)N(Cc2ccccc2Cl)c2ccccc21. The summed E-state index contributed by atoms with van der Waals surface area (Å²) >= 11 is 6.40. The Labute approximate surface area is 231 Å². The number of hydrogen-bond donors (Lipinski definition) is 2. The van der Waals surface area contributed by atoms with Gasteiger partial charge >= 0.3 is 0 Å². The number of amides is 3. The Kier molecular flexibility index (Phi) is 7.85. The number of hydrogen-bond acceptors (Lipinski definition) is 3. The lowest BCUT2D eigenvalue weighted by Crippen LogP contribution is -2.36. The summed E-state index contributed by atoms with van der Waals surface area (Å²) in [6.07, 6.45) is 0. The minimum Gasteiger partial charge on any atom is -0.348 e. The van der Waals surface area contributed by atoms with E-state index < -0.39 is 17.7 Å². The number of nitrogens with one attached hydrogen (secondary N) is 2. The van der Waals surface area contributed by atoms with Gasteiger partial charge in [0.05, 0.1) is 17.8 Å². The molecule has 7 heteroatoms. The minimum atomic E-state index is -0.623. The second kappa shape index (κ2) is 11.8. The molecular formula is C32H26ClN3O3. The maximum atomic E-state index is 13.9. The monoisotopic (exact) mass is 535 g/mol. The van der Waals surface area contributed by atoms with E-state index in [1.165, 1.54) is 0 Å².